The Balaban J connectivity index is 2.40. The monoisotopic (exact) mass is 220 g/mol. The predicted octanol–water partition coefficient (Wildman–Crippen LogP) is 1.36. The fraction of sp³-hybridized carbons (Fsp3) is 0.364. The molecule has 2 rings (SSSR count). The maximum atomic E-state index is 11.5. The van der Waals surface area contributed by atoms with E-state index in [0.29, 0.717) is 17.7 Å². The Morgan fingerprint density at radius 2 is 2.38 bits per heavy atom. The summed E-state index contributed by atoms with van der Waals surface area (Å²) in [5.41, 5.74) is 0.841. The van der Waals surface area contributed by atoms with Gasteiger partial charge in [-0.1, -0.05) is 6.92 Å². The predicted molar refractivity (Wildman–Crippen MR) is 58.2 cm³/mol. The highest BCUT2D eigenvalue weighted by Crippen LogP contribution is 2.08. The summed E-state index contributed by atoms with van der Waals surface area (Å²) in [5, 5.41) is 0. The van der Waals surface area contributed by atoms with Crippen molar-refractivity contribution in [1.82, 2.24) is 9.55 Å². The molecule has 16 heavy (non-hydrogen) atoms. The number of Topliss-reactive ketones (excluding diaryl/α,β-unsaturated/α-hetero) is 1. The van der Waals surface area contributed by atoms with Crippen molar-refractivity contribution in [2.75, 3.05) is 0 Å². The molecule has 0 saturated carbocycles. The molecule has 0 unspecified atom stereocenters. The van der Waals surface area contributed by atoms with Crippen molar-refractivity contribution >= 4 is 17.0 Å². The van der Waals surface area contributed by atoms with Crippen LogP contribution in [-0.2, 0) is 11.3 Å². The summed E-state index contributed by atoms with van der Waals surface area (Å²) in [4.78, 5) is 27.0. The van der Waals surface area contributed by atoms with Crippen molar-refractivity contribution in [2.45, 2.75) is 26.3 Å². The van der Waals surface area contributed by atoms with Crippen LogP contribution in [-0.4, -0.2) is 15.3 Å². The topological polar surface area (TPSA) is 65.1 Å². The molecular weight excluding hydrogens is 208 g/mol. The number of ketones is 1. The van der Waals surface area contributed by atoms with E-state index in [1.165, 1.54) is 4.57 Å². The molecule has 5 nitrogen and oxygen atoms in total. The zero-order chi connectivity index (χ0) is 11.5. The van der Waals surface area contributed by atoms with E-state index in [0.717, 1.165) is 6.42 Å². The number of hydrogen-bond donors (Lipinski definition) is 0. The lowest BCUT2D eigenvalue weighted by Gasteiger charge is -1.99. The first-order valence-corrected chi connectivity index (χ1v) is 5.18. The lowest BCUT2D eigenvalue weighted by Crippen LogP contribution is -2.20. The lowest BCUT2D eigenvalue weighted by molar-refractivity contribution is -0.119. The number of aromatic nitrogens is 2. The van der Waals surface area contributed by atoms with Crippen molar-refractivity contribution in [3.63, 3.8) is 0 Å². The van der Waals surface area contributed by atoms with E-state index in [-0.39, 0.29) is 12.3 Å². The van der Waals surface area contributed by atoms with Crippen LogP contribution in [0.2, 0.25) is 0 Å². The van der Waals surface area contributed by atoms with E-state index < -0.39 is 5.76 Å². The van der Waals surface area contributed by atoms with Gasteiger partial charge in [0.2, 0.25) is 0 Å². The molecule has 5 heteroatoms. The van der Waals surface area contributed by atoms with E-state index in [9.17, 15) is 9.59 Å². The highest BCUT2D eigenvalue weighted by Gasteiger charge is 2.12. The third kappa shape index (κ3) is 1.88. The van der Waals surface area contributed by atoms with Crippen LogP contribution >= 0.6 is 0 Å². The molecule has 0 radical (unpaired) electrons. The molecule has 0 spiro atoms. The van der Waals surface area contributed by atoms with Crippen molar-refractivity contribution in [3.05, 3.63) is 28.9 Å². The molecule has 0 bridgehead atoms. The number of oxazole rings is 1. The highest BCUT2D eigenvalue weighted by atomic mass is 16.4. The maximum Gasteiger partial charge on any atom is 0.421 e. The van der Waals surface area contributed by atoms with Crippen LogP contribution in [0.4, 0.5) is 0 Å². The smallest absolute Gasteiger partial charge is 0.406 e. The third-order valence-electron chi connectivity index (χ3n) is 2.29. The Labute approximate surface area is 91.7 Å². The van der Waals surface area contributed by atoms with Crippen LogP contribution < -0.4 is 5.76 Å². The molecule has 0 aromatic carbocycles. The normalized spacial score (nSPS) is 10.8. The summed E-state index contributed by atoms with van der Waals surface area (Å²) in [7, 11) is 0. The van der Waals surface area contributed by atoms with Crippen LogP contribution in [0.1, 0.15) is 19.8 Å². The van der Waals surface area contributed by atoms with Gasteiger partial charge in [-0.05, 0) is 18.6 Å². The summed E-state index contributed by atoms with van der Waals surface area (Å²) in [6.45, 7) is 1.96. The molecule has 0 atom stereocenters. The second-order valence-corrected chi connectivity index (χ2v) is 3.57. The minimum absolute atomic E-state index is 0.0120. The molecule has 2 aromatic heterocycles. The molecule has 0 aliphatic rings. The number of carbonyl (C=O) groups is 1. The number of nitrogens with zero attached hydrogens (tertiary/aromatic N) is 2. The van der Waals surface area contributed by atoms with Gasteiger partial charge in [-0.15, -0.1) is 0 Å². The third-order valence-corrected chi connectivity index (χ3v) is 2.29. The van der Waals surface area contributed by atoms with Gasteiger partial charge in [-0.2, -0.15) is 0 Å². The van der Waals surface area contributed by atoms with Crippen LogP contribution in [0.3, 0.4) is 0 Å². The first-order chi connectivity index (χ1) is 7.72. The van der Waals surface area contributed by atoms with Gasteiger partial charge in [0, 0.05) is 12.6 Å². The Kier molecular flexibility index (Phi) is 2.85. The summed E-state index contributed by atoms with van der Waals surface area (Å²) < 4.78 is 6.24. The lowest BCUT2D eigenvalue weighted by atomic mass is 10.2. The maximum absolute atomic E-state index is 11.5. The van der Waals surface area contributed by atoms with Gasteiger partial charge in [0.05, 0.1) is 6.54 Å². The van der Waals surface area contributed by atoms with Gasteiger partial charge in [0.15, 0.2) is 17.0 Å². The van der Waals surface area contributed by atoms with E-state index in [2.05, 4.69) is 4.98 Å². The van der Waals surface area contributed by atoms with Gasteiger partial charge in [0.1, 0.15) is 0 Å². The first-order valence-electron chi connectivity index (χ1n) is 5.18. The number of carbonyl (C=O) groups excluding carboxylic acids is 1. The number of fused-ring (bicyclic) bond motifs is 1. The SMILES string of the molecule is CCCC(=O)Cn1c(=O)oc2cccnc21. The minimum atomic E-state index is -0.529. The second kappa shape index (κ2) is 4.30. The van der Waals surface area contributed by atoms with Crippen LogP contribution in [0.25, 0.3) is 11.2 Å². The van der Waals surface area contributed by atoms with Crippen molar-refractivity contribution in [3.8, 4) is 0 Å². The standard InChI is InChI=1S/C11H12N2O3/c1-2-4-8(14)7-13-10-9(16-11(13)15)5-3-6-12-10/h3,5-6H,2,4,7H2,1H3. The molecule has 2 aromatic rings. The fourth-order valence-electron chi connectivity index (χ4n) is 1.57. The molecule has 0 fully saturated rings. The zero-order valence-corrected chi connectivity index (χ0v) is 8.97. The average Bonchev–Trinajstić information content (AvgIpc) is 2.56. The minimum Gasteiger partial charge on any atom is -0.406 e. The number of hydrogen-bond acceptors (Lipinski definition) is 4. The van der Waals surface area contributed by atoms with Gasteiger partial charge in [0.25, 0.3) is 0 Å². The Morgan fingerprint density at radius 1 is 1.56 bits per heavy atom. The van der Waals surface area contributed by atoms with Crippen molar-refractivity contribution in [1.29, 1.82) is 0 Å². The van der Waals surface area contributed by atoms with E-state index in [1.807, 2.05) is 6.92 Å². The largest absolute Gasteiger partial charge is 0.421 e. The molecule has 84 valence electrons. The van der Waals surface area contributed by atoms with Gasteiger partial charge in [-0.3, -0.25) is 9.36 Å². The molecular formula is C11H12N2O3. The van der Waals surface area contributed by atoms with Crippen LogP contribution in [0, 0.1) is 0 Å². The fourth-order valence-corrected chi connectivity index (χ4v) is 1.57. The molecule has 0 saturated heterocycles. The summed E-state index contributed by atoms with van der Waals surface area (Å²) in [6, 6.07) is 3.34. The van der Waals surface area contributed by atoms with E-state index >= 15 is 0 Å². The molecule has 0 aliphatic carbocycles. The summed E-state index contributed by atoms with van der Waals surface area (Å²) in [6.07, 6.45) is 2.81. The Hall–Kier alpha value is -1.91. The first kappa shape index (κ1) is 10.6. The van der Waals surface area contributed by atoms with E-state index in [1.54, 1.807) is 18.3 Å². The molecule has 0 N–H and O–H groups in total. The average molecular weight is 220 g/mol. The van der Waals surface area contributed by atoms with Gasteiger partial charge < -0.3 is 4.42 Å². The van der Waals surface area contributed by atoms with Crippen LogP contribution in [0.5, 0.6) is 0 Å². The Bertz CT molecular complexity index is 568. The highest BCUT2D eigenvalue weighted by molar-refractivity contribution is 5.79. The second-order valence-electron chi connectivity index (χ2n) is 3.57. The molecule has 0 aliphatic heterocycles. The van der Waals surface area contributed by atoms with Crippen molar-refractivity contribution in [2.24, 2.45) is 0 Å². The van der Waals surface area contributed by atoms with Gasteiger partial charge >= 0.3 is 5.76 Å². The number of pyridine rings is 1. The molecule has 2 heterocycles. The van der Waals surface area contributed by atoms with Crippen LogP contribution in [0.15, 0.2) is 27.5 Å². The number of rotatable bonds is 4. The van der Waals surface area contributed by atoms with Crippen molar-refractivity contribution < 1.29 is 9.21 Å². The quantitative estimate of drug-likeness (QED) is 0.780. The van der Waals surface area contributed by atoms with E-state index in [4.69, 9.17) is 4.42 Å². The summed E-state index contributed by atoms with van der Waals surface area (Å²) in [5.74, 6) is -0.517. The Morgan fingerprint density at radius 3 is 3.12 bits per heavy atom. The molecule has 0 amide bonds. The zero-order valence-electron chi connectivity index (χ0n) is 8.97. The summed E-state index contributed by atoms with van der Waals surface area (Å²) >= 11 is 0. The van der Waals surface area contributed by atoms with Gasteiger partial charge in [-0.25, -0.2) is 9.78 Å².